The fourth-order valence-electron chi connectivity index (χ4n) is 7.94. The molecule has 45 heavy (non-hydrogen) atoms. The molecule has 1 aromatic rings. The summed E-state index contributed by atoms with van der Waals surface area (Å²) in [4.78, 5) is 15.6. The lowest BCUT2D eigenvalue weighted by molar-refractivity contribution is -0.114. The van der Waals surface area contributed by atoms with Crippen LogP contribution in [0.1, 0.15) is 90.2 Å². The topological polar surface area (TPSA) is 95.9 Å². The summed E-state index contributed by atoms with van der Waals surface area (Å²) in [5, 5.41) is 11.3. The number of rotatable bonds is 2. The molecule has 0 radical (unpaired) electrons. The van der Waals surface area contributed by atoms with E-state index in [1.54, 1.807) is 6.08 Å². The number of sulfonamides is 1. The molecule has 1 amide bonds. The average molecular weight is 659 g/mol. The minimum atomic E-state index is -3.94. The normalized spacial score (nSPS) is 35.6. The highest BCUT2D eigenvalue weighted by atomic mass is 35.5. The smallest absolute Gasteiger partial charge is 0.257 e. The van der Waals surface area contributed by atoms with Crippen molar-refractivity contribution in [3.63, 3.8) is 0 Å². The number of ether oxygens (including phenoxy) is 1. The van der Waals surface area contributed by atoms with Crippen molar-refractivity contribution < 1.29 is 23.1 Å². The van der Waals surface area contributed by atoms with Crippen molar-refractivity contribution in [2.45, 2.75) is 103 Å². The van der Waals surface area contributed by atoms with Crippen LogP contribution in [-0.2, 0) is 26.0 Å². The van der Waals surface area contributed by atoms with E-state index in [0.717, 1.165) is 48.6 Å². The Kier molecular flexibility index (Phi) is 10.8. The maximum Gasteiger partial charge on any atom is 0.257 e. The Morgan fingerprint density at radius 3 is 2.60 bits per heavy atom. The van der Waals surface area contributed by atoms with Gasteiger partial charge in [0.15, 0.2) is 0 Å². The number of hydrogen-bond acceptors (Lipinski definition) is 6. The van der Waals surface area contributed by atoms with Crippen molar-refractivity contribution >= 4 is 27.5 Å². The van der Waals surface area contributed by atoms with Gasteiger partial charge in [-0.05, 0) is 111 Å². The van der Waals surface area contributed by atoms with Gasteiger partial charge in [0, 0.05) is 30.1 Å². The highest BCUT2D eigenvalue weighted by Crippen LogP contribution is 2.43. The largest absolute Gasteiger partial charge is 0.492 e. The first-order chi connectivity index (χ1) is 21.3. The summed E-state index contributed by atoms with van der Waals surface area (Å²) in [6.07, 6.45) is 12.2. The number of aliphatic hydroxyl groups excluding tert-OH is 1. The van der Waals surface area contributed by atoms with Crippen LogP contribution in [-0.4, -0.2) is 54.9 Å². The Balaban J connectivity index is 1.55. The molecule has 4 aliphatic rings. The van der Waals surface area contributed by atoms with Crippen LogP contribution in [0.5, 0.6) is 0 Å². The van der Waals surface area contributed by atoms with Gasteiger partial charge in [-0.1, -0.05) is 57.5 Å². The first-order valence-electron chi connectivity index (χ1n) is 16.8. The van der Waals surface area contributed by atoms with Crippen LogP contribution >= 0.6 is 11.6 Å². The van der Waals surface area contributed by atoms with Crippen LogP contribution in [0, 0.1) is 29.6 Å². The Bertz CT molecular complexity index is 1440. The lowest BCUT2D eigenvalue weighted by Gasteiger charge is -2.43. The number of aliphatic hydroxyl groups is 1. The molecule has 7 nitrogen and oxygen atoms in total. The van der Waals surface area contributed by atoms with Gasteiger partial charge in [-0.15, -0.1) is 0 Å². The van der Waals surface area contributed by atoms with Gasteiger partial charge in [-0.3, -0.25) is 4.79 Å². The monoisotopic (exact) mass is 658 g/mol. The number of hydrogen-bond donors (Lipinski definition) is 2. The molecule has 2 N–H and O–H groups in total. The van der Waals surface area contributed by atoms with Crippen LogP contribution in [0.15, 0.2) is 54.0 Å². The number of aryl methyl sites for hydroxylation is 1. The minimum Gasteiger partial charge on any atom is -0.492 e. The van der Waals surface area contributed by atoms with Crippen molar-refractivity contribution in [1.29, 1.82) is 0 Å². The number of halogens is 1. The Hall–Kier alpha value is -2.29. The predicted molar refractivity (Wildman–Crippen MR) is 180 cm³/mol. The zero-order valence-electron chi connectivity index (χ0n) is 27.4. The number of amides is 1. The molecule has 1 saturated carbocycles. The molecular weight excluding hydrogens is 608 g/mol. The lowest BCUT2D eigenvalue weighted by Crippen LogP contribution is -2.44. The third kappa shape index (κ3) is 7.82. The van der Waals surface area contributed by atoms with Crippen molar-refractivity contribution in [1.82, 2.24) is 9.62 Å². The second kappa shape index (κ2) is 14.2. The van der Waals surface area contributed by atoms with E-state index in [-0.39, 0.29) is 35.7 Å². The van der Waals surface area contributed by atoms with E-state index >= 15 is 0 Å². The zero-order chi connectivity index (χ0) is 32.5. The molecule has 0 bridgehead atoms. The average Bonchev–Trinajstić information content (AvgIpc) is 3.07. The molecular formula is C36H51ClN2O5S. The summed E-state index contributed by atoms with van der Waals surface area (Å²) >= 11 is 6.45. The highest BCUT2D eigenvalue weighted by Gasteiger charge is 2.41. The number of fused-ring (bicyclic) bond motifs is 5. The molecule has 8 atom stereocenters. The Labute approximate surface area is 275 Å². The fraction of sp³-hybridized carbons (Fsp3) is 0.639. The summed E-state index contributed by atoms with van der Waals surface area (Å²) in [5.41, 5.74) is 3.30. The summed E-state index contributed by atoms with van der Waals surface area (Å²) < 4.78 is 36.3. The molecule has 0 spiro atoms. The van der Waals surface area contributed by atoms with E-state index < -0.39 is 27.3 Å². The maximum absolute atomic E-state index is 13.5. The van der Waals surface area contributed by atoms with Gasteiger partial charge in [0.25, 0.3) is 5.91 Å². The van der Waals surface area contributed by atoms with Gasteiger partial charge >= 0.3 is 0 Å². The molecule has 2 heterocycles. The van der Waals surface area contributed by atoms with Crippen molar-refractivity contribution in [2.24, 2.45) is 29.6 Å². The number of benzene rings is 1. The van der Waals surface area contributed by atoms with Crippen molar-refractivity contribution in [3.05, 3.63) is 70.1 Å². The van der Waals surface area contributed by atoms with Gasteiger partial charge in [-0.25, -0.2) is 13.1 Å². The molecule has 0 saturated heterocycles. The van der Waals surface area contributed by atoms with Crippen LogP contribution in [0.3, 0.4) is 0 Å². The molecule has 3 unspecified atom stereocenters. The number of nitrogens with zero attached hydrogens (tertiary/aromatic N) is 1. The second-order valence-corrected chi connectivity index (χ2v) is 16.7. The molecule has 248 valence electrons. The maximum atomic E-state index is 13.5. The minimum absolute atomic E-state index is 0.0640. The van der Waals surface area contributed by atoms with E-state index in [1.807, 2.05) is 45.9 Å². The quantitative estimate of drug-likeness (QED) is 0.342. The summed E-state index contributed by atoms with van der Waals surface area (Å²) in [5.74, 6) is 0.785. The molecule has 0 aromatic heterocycles. The van der Waals surface area contributed by atoms with E-state index in [1.165, 1.54) is 17.2 Å². The fourth-order valence-corrected chi connectivity index (χ4v) is 9.99. The molecule has 2 aliphatic carbocycles. The molecule has 9 heteroatoms. The van der Waals surface area contributed by atoms with Crippen molar-refractivity contribution in [2.75, 3.05) is 13.1 Å². The predicted octanol–water partition coefficient (Wildman–Crippen LogP) is 6.73. The van der Waals surface area contributed by atoms with Gasteiger partial charge in [-0.2, -0.15) is 0 Å². The summed E-state index contributed by atoms with van der Waals surface area (Å²) in [7, 11) is -3.94. The van der Waals surface area contributed by atoms with E-state index in [4.69, 9.17) is 16.3 Å². The first kappa shape index (κ1) is 34.1. The van der Waals surface area contributed by atoms with Gasteiger partial charge in [0.05, 0.1) is 17.1 Å². The number of nitrogens with one attached hydrogen (secondary N) is 1. The first-order valence-corrected chi connectivity index (χ1v) is 18.8. The third-order valence-corrected chi connectivity index (χ3v) is 12.8. The molecule has 2 aliphatic heterocycles. The summed E-state index contributed by atoms with van der Waals surface area (Å²) in [6, 6.07) is 6.21. The number of allylic oxidation sites excluding steroid dienone is 3. The van der Waals surface area contributed by atoms with Crippen LogP contribution < -0.4 is 4.72 Å². The molecule has 5 rings (SSSR count). The standard InChI is InChI=1S/C36H51ClN2O5S/c1-22(2)18-34-23(3)8-7-11-33(40)30-14-12-27(30)20-39-21-31-29-15-13-28(37)19-26(29)10-6-9-24(4)36(31)44-25(5)32(39)16-17-35(41)38-45(34,42)43/h7,11,13,15-17,19,22-24,27,30-31,33-34,36,40H,6,8-10,12,14,18,20-21H2,1-5H3,(H,38,41)/b11-7+,17-16+/t23-,24+,27+,30-,31?,33+,34?,36?/m1/s1. The van der Waals surface area contributed by atoms with Gasteiger partial charge in [0.1, 0.15) is 11.9 Å². The zero-order valence-corrected chi connectivity index (χ0v) is 29.0. The van der Waals surface area contributed by atoms with Gasteiger partial charge < -0.3 is 14.7 Å². The Morgan fingerprint density at radius 2 is 1.89 bits per heavy atom. The second-order valence-electron chi connectivity index (χ2n) is 14.4. The SMILES string of the molecule is CC1=C2/C=C/C(=O)NS(=O)(=O)C(CC(C)C)[C@H](C)C/C=C/[C@H](O)[C@@H]3CC[C@H]3CN2CC2c3ccc(Cl)cc3CCC[C@H](C)C2O1. The molecule has 1 fully saturated rings. The number of carbonyl (C=O) groups is 1. The van der Waals surface area contributed by atoms with Crippen LogP contribution in [0.4, 0.5) is 0 Å². The van der Waals surface area contributed by atoms with Crippen LogP contribution in [0.25, 0.3) is 0 Å². The Morgan fingerprint density at radius 1 is 1.11 bits per heavy atom. The third-order valence-electron chi connectivity index (χ3n) is 10.6. The molecule has 1 aromatic carbocycles. The highest BCUT2D eigenvalue weighted by molar-refractivity contribution is 7.90. The lowest BCUT2D eigenvalue weighted by atomic mass is 9.70. The van der Waals surface area contributed by atoms with E-state index in [9.17, 15) is 18.3 Å². The van der Waals surface area contributed by atoms with Crippen LogP contribution in [0.2, 0.25) is 5.02 Å². The van der Waals surface area contributed by atoms with Gasteiger partial charge in [0.2, 0.25) is 10.0 Å². The van der Waals surface area contributed by atoms with E-state index in [2.05, 4.69) is 28.7 Å². The van der Waals surface area contributed by atoms with Crippen molar-refractivity contribution in [3.8, 4) is 0 Å². The number of carbonyl (C=O) groups excluding carboxylic acids is 1. The van der Waals surface area contributed by atoms with E-state index in [0.29, 0.717) is 31.8 Å². The summed E-state index contributed by atoms with van der Waals surface area (Å²) in [6.45, 7) is 11.5.